The minimum Gasteiger partial charge on any atom is -0.374 e. The average molecular weight is 255 g/mol. The van der Waals surface area contributed by atoms with Crippen LogP contribution in [0, 0.1) is 0 Å². The lowest BCUT2D eigenvalue weighted by Crippen LogP contribution is -2.41. The van der Waals surface area contributed by atoms with Crippen LogP contribution in [-0.4, -0.2) is 58.6 Å². The fraction of sp³-hybridized carbons (Fsp3) is 0.700. The third-order valence-corrected chi connectivity index (χ3v) is 3.67. The number of nitrogen functional groups attached to an aromatic ring is 1. The van der Waals surface area contributed by atoms with Crippen LogP contribution in [0.4, 0.5) is 5.13 Å². The lowest BCUT2D eigenvalue weighted by atomic mass is 10.2. The number of nitrogens with zero attached hydrogens (tertiary/aromatic N) is 4. The third-order valence-electron chi connectivity index (χ3n) is 2.93. The van der Waals surface area contributed by atoms with E-state index in [1.54, 1.807) is 0 Å². The fourth-order valence-corrected chi connectivity index (χ4v) is 2.68. The summed E-state index contributed by atoms with van der Waals surface area (Å²) in [6, 6.07) is 0.195. The van der Waals surface area contributed by atoms with E-state index in [0.717, 1.165) is 37.4 Å². The van der Waals surface area contributed by atoms with Crippen molar-refractivity contribution in [3.63, 3.8) is 0 Å². The highest BCUT2D eigenvalue weighted by molar-refractivity contribution is 7.16. The van der Waals surface area contributed by atoms with Gasteiger partial charge in [-0.2, -0.15) is 0 Å². The fourth-order valence-electron chi connectivity index (χ4n) is 2.12. The molecule has 2 rings (SSSR count). The maximum absolute atomic E-state index is 12.2. The minimum atomic E-state index is -0.0537. The SMILES string of the molecule is CC1CN(C)CCCN1C(=O)c1nnc(N)s1. The number of carbonyl (C=O) groups excluding carboxylic acids is 1. The summed E-state index contributed by atoms with van der Waals surface area (Å²) in [7, 11) is 2.08. The van der Waals surface area contributed by atoms with Gasteiger partial charge in [0.05, 0.1) is 0 Å². The molecule has 0 aliphatic carbocycles. The predicted octanol–water partition coefficient (Wildman–Crippen LogP) is 0.287. The summed E-state index contributed by atoms with van der Waals surface area (Å²) >= 11 is 1.15. The van der Waals surface area contributed by atoms with Gasteiger partial charge in [0.25, 0.3) is 5.91 Å². The molecule has 1 unspecified atom stereocenters. The Morgan fingerprint density at radius 3 is 2.88 bits per heavy atom. The number of carbonyl (C=O) groups is 1. The number of amides is 1. The minimum absolute atomic E-state index is 0.0537. The summed E-state index contributed by atoms with van der Waals surface area (Å²) in [5, 5.41) is 8.23. The lowest BCUT2D eigenvalue weighted by molar-refractivity contribution is 0.0695. The second-order valence-corrected chi connectivity index (χ2v) is 5.42. The van der Waals surface area contributed by atoms with Crippen LogP contribution in [0.5, 0.6) is 0 Å². The largest absolute Gasteiger partial charge is 0.374 e. The van der Waals surface area contributed by atoms with E-state index in [4.69, 9.17) is 5.73 Å². The molecule has 0 radical (unpaired) electrons. The Morgan fingerprint density at radius 1 is 1.47 bits per heavy atom. The smallest absolute Gasteiger partial charge is 0.285 e. The van der Waals surface area contributed by atoms with Crippen molar-refractivity contribution in [1.29, 1.82) is 0 Å². The molecular weight excluding hydrogens is 238 g/mol. The molecule has 1 fully saturated rings. The predicted molar refractivity (Wildman–Crippen MR) is 66.9 cm³/mol. The van der Waals surface area contributed by atoms with E-state index >= 15 is 0 Å². The van der Waals surface area contributed by atoms with Crippen molar-refractivity contribution in [2.45, 2.75) is 19.4 Å². The van der Waals surface area contributed by atoms with Crippen molar-refractivity contribution in [3.8, 4) is 0 Å². The van der Waals surface area contributed by atoms with Crippen LogP contribution < -0.4 is 5.73 Å². The topological polar surface area (TPSA) is 75.3 Å². The van der Waals surface area contributed by atoms with E-state index in [2.05, 4.69) is 29.1 Å². The molecule has 6 nitrogen and oxygen atoms in total. The molecule has 2 heterocycles. The second kappa shape index (κ2) is 4.97. The van der Waals surface area contributed by atoms with Crippen LogP contribution in [0.25, 0.3) is 0 Å². The first-order valence-electron chi connectivity index (χ1n) is 5.66. The zero-order valence-corrected chi connectivity index (χ0v) is 10.9. The van der Waals surface area contributed by atoms with Crippen molar-refractivity contribution < 1.29 is 4.79 Å². The first-order valence-corrected chi connectivity index (χ1v) is 6.48. The standard InChI is InChI=1S/C10H17N5OS/c1-7-6-14(2)4-3-5-15(7)9(16)8-12-13-10(11)17-8/h7H,3-6H2,1-2H3,(H2,11,13). The molecule has 1 saturated heterocycles. The van der Waals surface area contributed by atoms with E-state index in [0.29, 0.717) is 10.1 Å². The highest BCUT2D eigenvalue weighted by Crippen LogP contribution is 2.17. The molecule has 0 spiro atoms. The van der Waals surface area contributed by atoms with Crippen LogP contribution in [0.3, 0.4) is 0 Å². The highest BCUT2D eigenvalue weighted by Gasteiger charge is 2.26. The van der Waals surface area contributed by atoms with Gasteiger partial charge in [0.15, 0.2) is 0 Å². The molecule has 7 heteroatoms. The van der Waals surface area contributed by atoms with Gasteiger partial charge >= 0.3 is 0 Å². The van der Waals surface area contributed by atoms with Gasteiger partial charge in [-0.15, -0.1) is 10.2 Å². The lowest BCUT2D eigenvalue weighted by Gasteiger charge is -2.26. The van der Waals surface area contributed by atoms with Crippen molar-refractivity contribution in [1.82, 2.24) is 20.0 Å². The summed E-state index contributed by atoms with van der Waals surface area (Å²) in [6.07, 6.45) is 0.987. The van der Waals surface area contributed by atoms with Gasteiger partial charge < -0.3 is 15.5 Å². The Hall–Kier alpha value is -1.21. The average Bonchev–Trinajstić information content (AvgIpc) is 2.62. The van der Waals surface area contributed by atoms with E-state index in [1.807, 2.05) is 4.90 Å². The quantitative estimate of drug-likeness (QED) is 0.780. The number of hydrogen-bond acceptors (Lipinski definition) is 6. The van der Waals surface area contributed by atoms with Crippen molar-refractivity contribution >= 4 is 22.4 Å². The van der Waals surface area contributed by atoms with Crippen molar-refractivity contribution in [2.75, 3.05) is 32.4 Å². The zero-order valence-electron chi connectivity index (χ0n) is 10.1. The van der Waals surface area contributed by atoms with E-state index in [-0.39, 0.29) is 11.9 Å². The van der Waals surface area contributed by atoms with E-state index in [9.17, 15) is 4.79 Å². The molecule has 1 aliphatic rings. The van der Waals surface area contributed by atoms with Gasteiger partial charge in [-0.25, -0.2) is 0 Å². The molecule has 1 aliphatic heterocycles. The first kappa shape index (κ1) is 12.3. The molecular formula is C10H17N5OS. The Morgan fingerprint density at radius 2 is 2.24 bits per heavy atom. The Bertz CT molecular complexity index is 407. The molecule has 0 saturated carbocycles. The Kier molecular flexibility index (Phi) is 3.58. The van der Waals surface area contributed by atoms with Gasteiger partial charge in [0.1, 0.15) is 0 Å². The maximum Gasteiger partial charge on any atom is 0.285 e. The highest BCUT2D eigenvalue weighted by atomic mass is 32.1. The van der Waals surface area contributed by atoms with E-state index in [1.165, 1.54) is 0 Å². The summed E-state index contributed by atoms with van der Waals surface area (Å²) in [5.74, 6) is -0.0537. The van der Waals surface area contributed by atoms with Crippen LogP contribution in [0.1, 0.15) is 23.1 Å². The van der Waals surface area contributed by atoms with Gasteiger partial charge in [-0.1, -0.05) is 11.3 Å². The Labute approximate surface area is 104 Å². The van der Waals surface area contributed by atoms with Crippen LogP contribution in [-0.2, 0) is 0 Å². The van der Waals surface area contributed by atoms with Crippen LogP contribution in [0.15, 0.2) is 0 Å². The molecule has 1 aromatic rings. The molecule has 0 aromatic carbocycles. The number of aromatic nitrogens is 2. The number of likely N-dealkylation sites (N-methyl/N-ethyl adjacent to an activating group) is 1. The zero-order chi connectivity index (χ0) is 12.4. The molecule has 1 aromatic heterocycles. The summed E-state index contributed by atoms with van der Waals surface area (Å²) in [4.78, 5) is 16.3. The van der Waals surface area contributed by atoms with Crippen molar-refractivity contribution in [2.24, 2.45) is 0 Å². The van der Waals surface area contributed by atoms with Gasteiger partial charge in [0, 0.05) is 19.1 Å². The summed E-state index contributed by atoms with van der Waals surface area (Å²) < 4.78 is 0. The van der Waals surface area contributed by atoms with E-state index < -0.39 is 0 Å². The monoisotopic (exact) mass is 255 g/mol. The maximum atomic E-state index is 12.2. The summed E-state index contributed by atoms with van der Waals surface area (Å²) in [6.45, 7) is 4.74. The van der Waals surface area contributed by atoms with Gasteiger partial charge in [-0.3, -0.25) is 4.79 Å². The summed E-state index contributed by atoms with van der Waals surface area (Å²) in [5.41, 5.74) is 5.50. The van der Waals surface area contributed by atoms with Crippen LogP contribution >= 0.6 is 11.3 Å². The number of hydrogen-bond donors (Lipinski definition) is 1. The normalized spacial score (nSPS) is 22.5. The number of anilines is 1. The molecule has 1 amide bonds. The van der Waals surface area contributed by atoms with Crippen LogP contribution in [0.2, 0.25) is 0 Å². The number of nitrogens with two attached hydrogens (primary N) is 1. The second-order valence-electron chi connectivity index (χ2n) is 4.41. The molecule has 1 atom stereocenters. The van der Waals surface area contributed by atoms with Gasteiger partial charge in [0.2, 0.25) is 10.1 Å². The molecule has 2 N–H and O–H groups in total. The van der Waals surface area contributed by atoms with Crippen molar-refractivity contribution in [3.05, 3.63) is 5.01 Å². The molecule has 17 heavy (non-hydrogen) atoms. The molecule has 94 valence electrons. The van der Waals surface area contributed by atoms with Gasteiger partial charge in [-0.05, 0) is 26.9 Å². The third kappa shape index (κ3) is 2.73. The first-order chi connectivity index (χ1) is 8.08. The Balaban J connectivity index is 2.12. The number of rotatable bonds is 1. The molecule has 0 bridgehead atoms.